The van der Waals surface area contributed by atoms with Crippen LogP contribution in [0.25, 0.3) is 0 Å². The van der Waals surface area contributed by atoms with Crippen molar-refractivity contribution in [2.24, 2.45) is 0 Å². The molecule has 0 fully saturated rings. The topological polar surface area (TPSA) is 33.1 Å². The molecule has 3 heteroatoms. The molecule has 2 aromatic rings. The number of aromatic nitrogens is 1. The van der Waals surface area contributed by atoms with Crippen molar-refractivity contribution < 1.29 is 9.50 Å². The highest BCUT2D eigenvalue weighted by molar-refractivity contribution is 5.24. The number of nitrogens with zero attached hydrogens (tertiary/aromatic N) is 1. The summed E-state index contributed by atoms with van der Waals surface area (Å²) >= 11 is 0. The molecule has 0 bridgehead atoms. The van der Waals surface area contributed by atoms with Crippen molar-refractivity contribution in [1.29, 1.82) is 0 Å². The lowest BCUT2D eigenvalue weighted by molar-refractivity contribution is 0.0563. The van der Waals surface area contributed by atoms with Gasteiger partial charge in [0.05, 0.1) is 5.60 Å². The van der Waals surface area contributed by atoms with Gasteiger partial charge in [0.25, 0.3) is 0 Å². The second-order valence-electron chi connectivity index (χ2n) is 4.28. The van der Waals surface area contributed by atoms with E-state index in [0.717, 1.165) is 0 Å². The van der Waals surface area contributed by atoms with Gasteiger partial charge in [-0.05, 0) is 24.6 Å². The Balaban J connectivity index is 2.27. The summed E-state index contributed by atoms with van der Waals surface area (Å²) in [5.74, 6) is -0.295. The lowest BCUT2D eigenvalue weighted by atomic mass is 9.90. The third-order valence-corrected chi connectivity index (χ3v) is 2.78. The van der Waals surface area contributed by atoms with Crippen molar-refractivity contribution in [2.45, 2.75) is 18.9 Å². The van der Waals surface area contributed by atoms with Crippen molar-refractivity contribution in [3.63, 3.8) is 0 Å². The number of pyridine rings is 1. The molecule has 0 amide bonds. The van der Waals surface area contributed by atoms with Crippen LogP contribution in [0.2, 0.25) is 0 Å². The minimum atomic E-state index is -1.11. The second-order valence-corrected chi connectivity index (χ2v) is 4.28. The Bertz CT molecular complexity index is 497. The van der Waals surface area contributed by atoms with Crippen LogP contribution in [0, 0.1) is 5.82 Å². The van der Waals surface area contributed by atoms with E-state index in [4.69, 9.17) is 0 Å². The average molecular weight is 231 g/mol. The Morgan fingerprint density at radius 2 is 2.00 bits per heavy atom. The van der Waals surface area contributed by atoms with E-state index in [2.05, 4.69) is 4.98 Å². The lowest BCUT2D eigenvalue weighted by Crippen LogP contribution is -2.24. The van der Waals surface area contributed by atoms with Crippen molar-refractivity contribution >= 4 is 0 Å². The van der Waals surface area contributed by atoms with Gasteiger partial charge in [-0.1, -0.05) is 24.3 Å². The molecule has 88 valence electrons. The Morgan fingerprint density at radius 1 is 1.24 bits per heavy atom. The first-order valence-electron chi connectivity index (χ1n) is 5.46. The van der Waals surface area contributed by atoms with Crippen LogP contribution in [0.3, 0.4) is 0 Å². The second kappa shape index (κ2) is 4.63. The van der Waals surface area contributed by atoms with Crippen LogP contribution in [0.5, 0.6) is 0 Å². The predicted molar refractivity (Wildman–Crippen MR) is 63.9 cm³/mol. The standard InChI is InChI=1S/C14H14FNO/c1-14(17,12-6-4-8-16-10-12)9-11-5-2-3-7-13(11)15/h2-8,10,17H,9H2,1H3. The summed E-state index contributed by atoms with van der Waals surface area (Å²) < 4.78 is 13.5. The summed E-state index contributed by atoms with van der Waals surface area (Å²) in [4.78, 5) is 3.96. The molecule has 0 saturated carbocycles. The van der Waals surface area contributed by atoms with E-state index in [1.807, 2.05) is 0 Å². The van der Waals surface area contributed by atoms with Crippen LogP contribution in [-0.2, 0) is 12.0 Å². The molecule has 2 rings (SSSR count). The zero-order chi connectivity index (χ0) is 12.3. The SMILES string of the molecule is CC(O)(Cc1ccccc1F)c1cccnc1. The molecule has 0 aliphatic carbocycles. The smallest absolute Gasteiger partial charge is 0.126 e. The molecule has 0 aliphatic heterocycles. The van der Waals surface area contributed by atoms with E-state index >= 15 is 0 Å². The Hall–Kier alpha value is -1.74. The molecule has 0 spiro atoms. The summed E-state index contributed by atoms with van der Waals surface area (Å²) in [6, 6.07) is 10.0. The molecular formula is C14H14FNO. The summed E-state index contributed by atoms with van der Waals surface area (Å²) in [5.41, 5.74) is 0.0702. The largest absolute Gasteiger partial charge is 0.385 e. The number of rotatable bonds is 3. The molecule has 1 aromatic heterocycles. The minimum absolute atomic E-state index is 0.228. The maximum atomic E-state index is 13.5. The van der Waals surface area contributed by atoms with E-state index in [9.17, 15) is 9.50 Å². The molecule has 1 N–H and O–H groups in total. The van der Waals surface area contributed by atoms with Crippen LogP contribution in [0.15, 0.2) is 48.8 Å². The van der Waals surface area contributed by atoms with Gasteiger partial charge in [0, 0.05) is 24.4 Å². The first-order chi connectivity index (χ1) is 8.09. The Labute approximate surface area is 99.8 Å². The van der Waals surface area contributed by atoms with Gasteiger partial charge in [0.2, 0.25) is 0 Å². The van der Waals surface area contributed by atoms with Crippen molar-refractivity contribution in [3.8, 4) is 0 Å². The van der Waals surface area contributed by atoms with Gasteiger partial charge in [-0.2, -0.15) is 0 Å². The van der Waals surface area contributed by atoms with Crippen LogP contribution in [0.4, 0.5) is 4.39 Å². The quantitative estimate of drug-likeness (QED) is 0.881. The highest BCUT2D eigenvalue weighted by Gasteiger charge is 2.24. The third kappa shape index (κ3) is 2.68. The molecule has 0 aliphatic rings. The van der Waals surface area contributed by atoms with Gasteiger partial charge < -0.3 is 5.11 Å². The van der Waals surface area contributed by atoms with Gasteiger partial charge in [-0.3, -0.25) is 4.98 Å². The first-order valence-corrected chi connectivity index (χ1v) is 5.46. The highest BCUT2D eigenvalue weighted by Crippen LogP contribution is 2.25. The van der Waals surface area contributed by atoms with Gasteiger partial charge in [0.15, 0.2) is 0 Å². The van der Waals surface area contributed by atoms with Crippen LogP contribution < -0.4 is 0 Å². The molecule has 1 atom stereocenters. The molecule has 1 heterocycles. The number of halogens is 1. The molecule has 17 heavy (non-hydrogen) atoms. The summed E-state index contributed by atoms with van der Waals surface area (Å²) in [7, 11) is 0. The third-order valence-electron chi connectivity index (χ3n) is 2.78. The van der Waals surface area contributed by atoms with E-state index in [1.165, 1.54) is 6.07 Å². The fourth-order valence-electron chi connectivity index (χ4n) is 1.80. The maximum absolute atomic E-state index is 13.5. The Morgan fingerprint density at radius 3 is 2.65 bits per heavy atom. The molecule has 1 aromatic carbocycles. The molecular weight excluding hydrogens is 217 g/mol. The molecule has 1 unspecified atom stereocenters. The first kappa shape index (κ1) is 11.7. The predicted octanol–water partition coefficient (Wildman–Crippen LogP) is 2.67. The zero-order valence-electron chi connectivity index (χ0n) is 9.60. The molecule has 0 saturated heterocycles. The lowest BCUT2D eigenvalue weighted by Gasteiger charge is -2.23. The van der Waals surface area contributed by atoms with E-state index in [1.54, 1.807) is 49.6 Å². The van der Waals surface area contributed by atoms with Gasteiger partial charge in [-0.15, -0.1) is 0 Å². The fourth-order valence-corrected chi connectivity index (χ4v) is 1.80. The van der Waals surface area contributed by atoms with Crippen LogP contribution in [0.1, 0.15) is 18.1 Å². The maximum Gasteiger partial charge on any atom is 0.126 e. The van der Waals surface area contributed by atoms with Crippen molar-refractivity contribution in [3.05, 3.63) is 65.7 Å². The fraction of sp³-hybridized carbons (Fsp3) is 0.214. The van der Waals surface area contributed by atoms with Crippen LogP contribution >= 0.6 is 0 Å². The van der Waals surface area contributed by atoms with Crippen molar-refractivity contribution in [2.75, 3.05) is 0 Å². The van der Waals surface area contributed by atoms with Gasteiger partial charge in [0.1, 0.15) is 5.82 Å². The van der Waals surface area contributed by atoms with Gasteiger partial charge >= 0.3 is 0 Å². The molecule has 0 radical (unpaired) electrons. The van der Waals surface area contributed by atoms with E-state index < -0.39 is 5.60 Å². The number of hydrogen-bond donors (Lipinski definition) is 1. The van der Waals surface area contributed by atoms with E-state index in [-0.39, 0.29) is 12.2 Å². The average Bonchev–Trinajstić information content (AvgIpc) is 2.33. The van der Waals surface area contributed by atoms with Gasteiger partial charge in [-0.25, -0.2) is 4.39 Å². The highest BCUT2D eigenvalue weighted by atomic mass is 19.1. The number of benzene rings is 1. The normalized spacial score (nSPS) is 14.3. The van der Waals surface area contributed by atoms with Crippen LogP contribution in [-0.4, -0.2) is 10.1 Å². The number of hydrogen-bond acceptors (Lipinski definition) is 2. The monoisotopic (exact) mass is 231 g/mol. The number of aliphatic hydroxyl groups is 1. The summed E-state index contributed by atoms with van der Waals surface area (Å²) in [5, 5.41) is 10.4. The minimum Gasteiger partial charge on any atom is -0.385 e. The summed E-state index contributed by atoms with van der Waals surface area (Å²) in [6.07, 6.45) is 3.47. The summed E-state index contributed by atoms with van der Waals surface area (Å²) in [6.45, 7) is 1.66. The Kier molecular flexibility index (Phi) is 3.20. The van der Waals surface area contributed by atoms with Crippen molar-refractivity contribution in [1.82, 2.24) is 4.98 Å². The zero-order valence-corrected chi connectivity index (χ0v) is 9.60. The van der Waals surface area contributed by atoms with E-state index in [0.29, 0.717) is 11.1 Å². The molecule has 2 nitrogen and oxygen atoms in total.